The third-order valence-electron chi connectivity index (χ3n) is 9.99. The molecule has 2 heterocycles. The lowest BCUT2D eigenvalue weighted by Crippen LogP contribution is -2.74. The van der Waals surface area contributed by atoms with Crippen LogP contribution in [0.5, 0.6) is 0 Å². The molecule has 2 saturated heterocycles. The molecule has 6 heteroatoms. The van der Waals surface area contributed by atoms with Crippen LogP contribution in [0.4, 0.5) is 5.69 Å². The molecule has 5 aliphatic rings. The van der Waals surface area contributed by atoms with Gasteiger partial charge in [-0.25, -0.2) is 0 Å². The second kappa shape index (κ2) is 8.18. The fraction of sp³-hybridized carbons (Fsp3) is 0.552. The van der Waals surface area contributed by atoms with Crippen LogP contribution in [0.25, 0.3) is 0 Å². The van der Waals surface area contributed by atoms with E-state index in [1.807, 2.05) is 30.3 Å². The van der Waals surface area contributed by atoms with Crippen molar-refractivity contribution in [2.75, 3.05) is 30.0 Å². The van der Waals surface area contributed by atoms with Crippen molar-refractivity contribution in [2.24, 2.45) is 11.8 Å². The second-order valence-electron chi connectivity index (χ2n) is 11.5. The summed E-state index contributed by atoms with van der Waals surface area (Å²) in [5.74, 6) is 1.32. The third kappa shape index (κ3) is 3.15. The van der Waals surface area contributed by atoms with Crippen molar-refractivity contribution < 1.29 is 9.53 Å². The first kappa shape index (κ1) is 22.5. The number of alkyl halides is 1. The minimum atomic E-state index is -0.158. The number of hydrogen-bond acceptors (Lipinski definition) is 4. The van der Waals surface area contributed by atoms with E-state index in [4.69, 9.17) is 10.5 Å². The molecule has 3 aliphatic carbocycles. The number of hydrogen-bond donors (Lipinski definition) is 1. The van der Waals surface area contributed by atoms with E-state index < -0.39 is 0 Å². The van der Waals surface area contributed by atoms with E-state index in [1.165, 1.54) is 30.5 Å². The number of rotatable bonds is 5. The normalized spacial score (nSPS) is 35.3. The van der Waals surface area contributed by atoms with Gasteiger partial charge in [-0.3, -0.25) is 9.69 Å². The number of ether oxygens (including phenoxy) is 1. The second-order valence-corrected chi connectivity index (χ2v) is 12.2. The molecule has 2 aromatic carbocycles. The number of halogens is 1. The van der Waals surface area contributed by atoms with E-state index in [-0.39, 0.29) is 23.0 Å². The van der Waals surface area contributed by atoms with E-state index in [1.54, 1.807) is 0 Å². The van der Waals surface area contributed by atoms with Gasteiger partial charge < -0.3 is 15.4 Å². The molecule has 2 saturated carbocycles. The number of benzene rings is 2. The average Bonchev–Trinajstić information content (AvgIpc) is 3.66. The Morgan fingerprint density at radius 2 is 1.97 bits per heavy atom. The summed E-state index contributed by atoms with van der Waals surface area (Å²) in [6, 6.07) is 17.0. The fourth-order valence-electron chi connectivity index (χ4n) is 8.37. The molecule has 2 aromatic rings. The van der Waals surface area contributed by atoms with Crippen LogP contribution >= 0.6 is 22.6 Å². The zero-order valence-electron chi connectivity index (χ0n) is 20.2. The molecule has 184 valence electrons. The number of nitrogens with zero attached hydrogens (tertiary/aromatic N) is 2. The smallest absolute Gasteiger partial charge is 0.254 e. The van der Waals surface area contributed by atoms with Crippen molar-refractivity contribution >= 4 is 34.2 Å². The number of amides is 1. The maximum atomic E-state index is 13.7. The van der Waals surface area contributed by atoms with E-state index in [9.17, 15) is 4.79 Å². The minimum Gasteiger partial charge on any atom is -0.399 e. The van der Waals surface area contributed by atoms with Gasteiger partial charge in [-0.2, -0.15) is 0 Å². The number of carbonyl (C=O) groups excluding carboxylic acids is 1. The molecule has 0 radical (unpaired) electrons. The molecular weight excluding hydrogens is 549 g/mol. The lowest BCUT2D eigenvalue weighted by molar-refractivity contribution is -0.152. The largest absolute Gasteiger partial charge is 0.399 e. The molecule has 0 aromatic heterocycles. The SMILES string of the molecule is Nc1ccc2c(c1)C13CCN(CC4CC4)C(C2)C12CCC(N(CI)C(=O)c1ccccc1)C3CO2. The Morgan fingerprint density at radius 1 is 1.14 bits per heavy atom. The predicted molar refractivity (Wildman–Crippen MR) is 146 cm³/mol. The summed E-state index contributed by atoms with van der Waals surface area (Å²) < 4.78 is 7.73. The highest BCUT2D eigenvalue weighted by Gasteiger charge is 2.73. The molecule has 5 nitrogen and oxygen atoms in total. The van der Waals surface area contributed by atoms with Gasteiger partial charge in [0.2, 0.25) is 0 Å². The number of piperidine rings is 1. The molecule has 35 heavy (non-hydrogen) atoms. The molecular formula is C29H34IN3O2. The van der Waals surface area contributed by atoms with Crippen molar-refractivity contribution in [1.29, 1.82) is 0 Å². The minimum absolute atomic E-state index is 0.0649. The van der Waals surface area contributed by atoms with Gasteiger partial charge in [0.25, 0.3) is 5.91 Å². The summed E-state index contributed by atoms with van der Waals surface area (Å²) in [6.07, 6.45) is 6.95. The summed E-state index contributed by atoms with van der Waals surface area (Å²) in [5, 5.41) is 0. The highest BCUT2D eigenvalue weighted by Crippen LogP contribution is 2.66. The van der Waals surface area contributed by atoms with Crippen molar-refractivity contribution in [3.05, 3.63) is 65.2 Å². The first-order valence-corrected chi connectivity index (χ1v) is 14.8. The molecule has 5 atom stereocenters. The molecule has 4 fully saturated rings. The summed E-state index contributed by atoms with van der Waals surface area (Å²) in [6.45, 7) is 3.08. The molecule has 2 aliphatic heterocycles. The Balaban J connectivity index is 1.33. The van der Waals surface area contributed by atoms with Gasteiger partial charge in [0.1, 0.15) is 0 Å². The van der Waals surface area contributed by atoms with Gasteiger partial charge in [0.15, 0.2) is 0 Å². The first-order valence-electron chi connectivity index (χ1n) is 13.3. The Hall–Kier alpha value is -1.64. The van der Waals surface area contributed by atoms with Crippen molar-refractivity contribution in [1.82, 2.24) is 9.80 Å². The average molecular weight is 584 g/mol. The first-order chi connectivity index (χ1) is 17.1. The van der Waals surface area contributed by atoms with E-state index >= 15 is 0 Å². The number of nitrogens with two attached hydrogens (primary N) is 1. The van der Waals surface area contributed by atoms with E-state index in [2.05, 4.69) is 50.6 Å². The zero-order chi connectivity index (χ0) is 23.8. The van der Waals surface area contributed by atoms with Crippen molar-refractivity contribution in [3.63, 3.8) is 0 Å². The lowest BCUT2D eigenvalue weighted by atomic mass is 9.46. The van der Waals surface area contributed by atoms with Crippen LogP contribution in [0.1, 0.15) is 53.6 Å². The topological polar surface area (TPSA) is 58.8 Å². The van der Waals surface area contributed by atoms with Gasteiger partial charge in [0, 0.05) is 41.2 Å². The van der Waals surface area contributed by atoms with E-state index in [0.29, 0.717) is 16.5 Å². The monoisotopic (exact) mass is 583 g/mol. The highest BCUT2D eigenvalue weighted by atomic mass is 127. The van der Waals surface area contributed by atoms with Crippen LogP contribution in [0.3, 0.4) is 0 Å². The van der Waals surface area contributed by atoms with Gasteiger partial charge in [-0.1, -0.05) is 46.9 Å². The summed E-state index contributed by atoms with van der Waals surface area (Å²) in [4.78, 5) is 18.6. The molecule has 2 N–H and O–H groups in total. The zero-order valence-corrected chi connectivity index (χ0v) is 22.3. The number of likely N-dealkylation sites (tertiary alicyclic amines) is 1. The van der Waals surface area contributed by atoms with Gasteiger partial charge in [-0.05, 0) is 86.4 Å². The molecule has 4 bridgehead atoms. The Kier molecular flexibility index (Phi) is 5.27. The number of carbonyl (C=O) groups is 1. The van der Waals surface area contributed by atoms with Crippen LogP contribution < -0.4 is 5.73 Å². The third-order valence-corrected chi connectivity index (χ3v) is 10.7. The van der Waals surface area contributed by atoms with Crippen molar-refractivity contribution in [3.8, 4) is 0 Å². The lowest BCUT2D eigenvalue weighted by Gasteiger charge is -2.65. The van der Waals surface area contributed by atoms with Crippen LogP contribution in [0, 0.1) is 11.8 Å². The number of anilines is 1. The maximum absolute atomic E-state index is 13.7. The Labute approximate surface area is 221 Å². The van der Waals surface area contributed by atoms with Crippen LogP contribution in [-0.2, 0) is 16.6 Å². The predicted octanol–water partition coefficient (Wildman–Crippen LogP) is 4.63. The fourth-order valence-corrected chi connectivity index (χ4v) is 9.18. The highest BCUT2D eigenvalue weighted by molar-refractivity contribution is 14.1. The number of fused-ring (bicyclic) bond motifs is 1. The molecule has 1 amide bonds. The van der Waals surface area contributed by atoms with Crippen molar-refractivity contribution in [2.45, 2.75) is 61.6 Å². The Morgan fingerprint density at radius 3 is 2.74 bits per heavy atom. The summed E-state index contributed by atoms with van der Waals surface area (Å²) in [5.41, 5.74) is 10.7. The molecule has 0 spiro atoms. The van der Waals surface area contributed by atoms with E-state index in [0.717, 1.165) is 56.0 Å². The summed E-state index contributed by atoms with van der Waals surface area (Å²) in [7, 11) is 0. The van der Waals surface area contributed by atoms with Gasteiger partial charge in [0.05, 0.1) is 16.8 Å². The quantitative estimate of drug-likeness (QED) is 0.242. The van der Waals surface area contributed by atoms with Gasteiger partial charge in [-0.15, -0.1) is 0 Å². The Bertz CT molecular complexity index is 1150. The number of nitrogen functional groups attached to an aromatic ring is 1. The maximum Gasteiger partial charge on any atom is 0.254 e. The van der Waals surface area contributed by atoms with Gasteiger partial charge >= 0.3 is 0 Å². The molecule has 7 rings (SSSR count). The molecule has 5 unspecified atom stereocenters. The van der Waals surface area contributed by atoms with Crippen LogP contribution in [-0.4, -0.2) is 57.6 Å². The summed E-state index contributed by atoms with van der Waals surface area (Å²) >= 11 is 2.38. The van der Waals surface area contributed by atoms with Crippen LogP contribution in [0.2, 0.25) is 0 Å². The standard InChI is InChI=1S/C29H34IN3O2/c30-18-33(27(34)20-4-2-1-3-5-20)25-10-11-29-26-14-21-8-9-22(31)15-23(21)28(29,24(25)17-35-29)12-13-32(26)16-19-6-7-19/h1-5,8-9,15,19,24-26H,6-7,10-14,16-18,31H2. The van der Waals surface area contributed by atoms with Crippen LogP contribution in [0.15, 0.2) is 48.5 Å².